The van der Waals surface area contributed by atoms with Crippen molar-refractivity contribution in [3.8, 4) is 0 Å². The molecule has 2 aromatic rings. The van der Waals surface area contributed by atoms with Gasteiger partial charge in [-0.25, -0.2) is 13.2 Å². The number of rotatable bonds is 10. The maximum atomic E-state index is 14.4. The molecule has 0 aliphatic heterocycles. The summed E-state index contributed by atoms with van der Waals surface area (Å²) < 4.78 is 131. The van der Waals surface area contributed by atoms with Crippen LogP contribution in [0.15, 0.2) is 78.5 Å². The second-order valence-corrected chi connectivity index (χ2v) is 12.0. The predicted molar refractivity (Wildman–Crippen MR) is 148 cm³/mol. The Labute approximate surface area is 240 Å². The van der Waals surface area contributed by atoms with Crippen molar-refractivity contribution in [2.75, 3.05) is 7.05 Å². The van der Waals surface area contributed by atoms with Gasteiger partial charge in [-0.3, -0.25) is 0 Å². The van der Waals surface area contributed by atoms with Gasteiger partial charge in [0, 0.05) is 21.9 Å². The molecule has 2 nitrogen and oxygen atoms in total. The largest absolute Gasteiger partial charge is 0.430 e. The SMILES string of the molecule is C=C(F)/C=C\C(=C)S(=C)C1(c2ccc(C(OCc3c(F)cccc3F)(C(F)(F)F)C(F)(F)F)cc2)CCC(NC)CC1. The Bertz CT molecular complexity index is 1300. The molecule has 1 atom stereocenters. The second kappa shape index (κ2) is 12.8. The minimum atomic E-state index is -6.05. The van der Waals surface area contributed by atoms with Gasteiger partial charge in [0.15, 0.2) is 0 Å². The van der Waals surface area contributed by atoms with E-state index in [1.807, 2.05) is 0 Å². The number of hydrogen-bond acceptors (Lipinski definition) is 2. The molecule has 230 valence electrons. The van der Waals surface area contributed by atoms with Crippen LogP contribution in [-0.2, 0) is 21.7 Å². The topological polar surface area (TPSA) is 21.3 Å². The summed E-state index contributed by atoms with van der Waals surface area (Å²) in [6.45, 7) is 5.48. The molecule has 1 fully saturated rings. The normalized spacial score (nSPS) is 21.0. The molecular weight excluding hydrogens is 593 g/mol. The number of alkyl halides is 6. The molecule has 1 N–H and O–H groups in total. The van der Waals surface area contributed by atoms with Crippen molar-refractivity contribution in [2.45, 2.75) is 61.0 Å². The lowest BCUT2D eigenvalue weighted by Gasteiger charge is -2.43. The average Bonchev–Trinajstić information content (AvgIpc) is 2.91. The van der Waals surface area contributed by atoms with Gasteiger partial charge >= 0.3 is 12.4 Å². The van der Waals surface area contributed by atoms with Crippen LogP contribution >= 0.6 is 10.5 Å². The zero-order chi connectivity index (χ0) is 31.5. The third kappa shape index (κ3) is 6.55. The highest BCUT2D eigenvalue weighted by Crippen LogP contribution is 2.57. The highest BCUT2D eigenvalue weighted by atomic mass is 32.2. The van der Waals surface area contributed by atoms with E-state index in [2.05, 4.69) is 29.1 Å². The lowest BCUT2D eigenvalue weighted by molar-refractivity contribution is -0.392. The van der Waals surface area contributed by atoms with E-state index in [1.165, 1.54) is 6.08 Å². The van der Waals surface area contributed by atoms with Gasteiger partial charge in [-0.2, -0.15) is 36.8 Å². The molecule has 0 heterocycles. The molecule has 2 aromatic carbocycles. The van der Waals surface area contributed by atoms with E-state index in [1.54, 1.807) is 7.05 Å². The smallest absolute Gasteiger partial charge is 0.349 e. The molecule has 0 amide bonds. The van der Waals surface area contributed by atoms with Crippen LogP contribution in [0.1, 0.15) is 42.4 Å². The van der Waals surface area contributed by atoms with Crippen LogP contribution in [0, 0.1) is 11.6 Å². The lowest BCUT2D eigenvalue weighted by atomic mass is 9.80. The third-order valence-corrected chi connectivity index (χ3v) is 9.91. The molecule has 0 spiro atoms. The van der Waals surface area contributed by atoms with E-state index >= 15 is 0 Å². The van der Waals surface area contributed by atoms with Gasteiger partial charge in [0.1, 0.15) is 17.5 Å². The highest BCUT2D eigenvalue weighted by Gasteiger charge is 2.73. The van der Waals surface area contributed by atoms with Crippen LogP contribution in [0.4, 0.5) is 39.5 Å². The molecule has 1 aliphatic rings. The maximum Gasteiger partial charge on any atom is 0.430 e. The number of halogens is 9. The van der Waals surface area contributed by atoms with Crippen molar-refractivity contribution in [3.05, 3.63) is 107 Å². The first-order chi connectivity index (χ1) is 19.5. The van der Waals surface area contributed by atoms with E-state index in [0.29, 0.717) is 60.4 Å². The molecule has 3 rings (SSSR count). The van der Waals surface area contributed by atoms with Gasteiger partial charge in [0.2, 0.25) is 0 Å². The summed E-state index contributed by atoms with van der Waals surface area (Å²) in [7, 11) is 0.818. The van der Waals surface area contributed by atoms with E-state index in [-0.39, 0.29) is 6.04 Å². The Morgan fingerprint density at radius 3 is 1.93 bits per heavy atom. The molecule has 42 heavy (non-hydrogen) atoms. The van der Waals surface area contributed by atoms with Crippen molar-refractivity contribution in [3.63, 3.8) is 0 Å². The van der Waals surface area contributed by atoms with Crippen molar-refractivity contribution < 1.29 is 44.3 Å². The fourth-order valence-corrected chi connectivity index (χ4v) is 7.04. The molecule has 0 bridgehead atoms. The van der Waals surface area contributed by atoms with Crippen molar-refractivity contribution in [1.29, 1.82) is 0 Å². The Morgan fingerprint density at radius 1 is 0.952 bits per heavy atom. The fraction of sp³-hybridized carbons (Fsp3) is 0.367. The Hall–Kier alpha value is -2.83. The van der Waals surface area contributed by atoms with Crippen LogP contribution in [-0.4, -0.2) is 31.3 Å². The molecule has 12 heteroatoms. The van der Waals surface area contributed by atoms with Gasteiger partial charge in [-0.15, -0.1) is 0 Å². The predicted octanol–water partition coefficient (Wildman–Crippen LogP) is 9.11. The summed E-state index contributed by atoms with van der Waals surface area (Å²) in [5, 5.41) is 3.16. The van der Waals surface area contributed by atoms with Crippen LogP contribution in [0.5, 0.6) is 0 Å². The monoisotopic (exact) mass is 623 g/mol. The number of nitrogens with one attached hydrogen (secondary N) is 1. The van der Waals surface area contributed by atoms with Gasteiger partial charge in [0.05, 0.1) is 6.61 Å². The molecule has 0 radical (unpaired) electrons. The maximum absolute atomic E-state index is 14.4. The fourth-order valence-electron chi connectivity index (χ4n) is 5.16. The minimum Gasteiger partial charge on any atom is -0.349 e. The summed E-state index contributed by atoms with van der Waals surface area (Å²) in [5.74, 6) is 0.789. The quantitative estimate of drug-likeness (QED) is 0.162. The van der Waals surface area contributed by atoms with Gasteiger partial charge < -0.3 is 10.1 Å². The number of benzene rings is 2. The van der Waals surface area contributed by atoms with Gasteiger partial charge in [-0.1, -0.05) is 49.4 Å². The Morgan fingerprint density at radius 2 is 1.48 bits per heavy atom. The Kier molecular flexibility index (Phi) is 10.3. The molecular formula is C30H30F9NOS. The summed E-state index contributed by atoms with van der Waals surface area (Å²) in [6.07, 6.45) is -7.40. The average molecular weight is 624 g/mol. The first-order valence-corrected chi connectivity index (χ1v) is 14.1. The number of ether oxygens (including phenoxy) is 1. The number of hydrogen-bond donors (Lipinski definition) is 1. The molecule has 1 saturated carbocycles. The third-order valence-electron chi connectivity index (χ3n) is 7.55. The Balaban J connectivity index is 2.11. The minimum absolute atomic E-state index is 0.138. The summed E-state index contributed by atoms with van der Waals surface area (Å²) in [6, 6.07) is 6.10. The first kappa shape index (κ1) is 33.7. The van der Waals surface area contributed by atoms with E-state index in [0.717, 1.165) is 24.3 Å². The van der Waals surface area contributed by atoms with Crippen molar-refractivity contribution >= 4 is 16.4 Å². The first-order valence-electron chi connectivity index (χ1n) is 12.7. The van der Waals surface area contributed by atoms with Crippen LogP contribution in [0.2, 0.25) is 0 Å². The summed E-state index contributed by atoms with van der Waals surface area (Å²) >= 11 is 0. The lowest BCUT2D eigenvalue weighted by Crippen LogP contribution is -2.56. The molecule has 1 unspecified atom stereocenters. The van der Waals surface area contributed by atoms with E-state index < -0.39 is 68.4 Å². The zero-order valence-electron chi connectivity index (χ0n) is 22.6. The van der Waals surface area contributed by atoms with Crippen LogP contribution < -0.4 is 5.32 Å². The van der Waals surface area contributed by atoms with Crippen molar-refractivity contribution in [2.24, 2.45) is 0 Å². The highest BCUT2D eigenvalue weighted by molar-refractivity contribution is 8.18. The standard InChI is InChI=1S/C30H30F9NOS/c1-19(31)8-9-20(2)42(4)27(16-14-23(40-3)15-17-27)21-10-12-22(13-11-21)28(29(34,35)36,30(37,38)39)41-18-24-25(32)6-5-7-26(24)33/h5-13,23,40H,1-2,4,14-18H2,3H3/b9-8-. The number of allylic oxidation sites excluding steroid dienone is 3. The molecule has 0 aromatic heterocycles. The van der Waals surface area contributed by atoms with Gasteiger partial charge in [0.25, 0.3) is 5.60 Å². The van der Waals surface area contributed by atoms with E-state index in [4.69, 9.17) is 0 Å². The zero-order valence-corrected chi connectivity index (χ0v) is 23.5. The van der Waals surface area contributed by atoms with Crippen LogP contribution in [0.3, 0.4) is 0 Å². The van der Waals surface area contributed by atoms with E-state index in [9.17, 15) is 39.5 Å². The summed E-state index contributed by atoms with van der Waals surface area (Å²) in [4.78, 5) is 0.427. The molecule has 0 saturated heterocycles. The molecule has 1 aliphatic carbocycles. The second-order valence-electron chi connectivity index (χ2n) is 9.94. The van der Waals surface area contributed by atoms with Gasteiger partial charge in [-0.05, 0) is 67.5 Å². The van der Waals surface area contributed by atoms with Crippen LogP contribution in [0.25, 0.3) is 0 Å². The summed E-state index contributed by atoms with van der Waals surface area (Å²) in [5.41, 5.74) is -6.84. The van der Waals surface area contributed by atoms with Crippen molar-refractivity contribution in [1.82, 2.24) is 5.32 Å².